The summed E-state index contributed by atoms with van der Waals surface area (Å²) in [5, 5.41) is 17.5. The smallest absolute Gasteiger partial charge is 0.102 e. The molecular formula is C10H14O3S. The molecule has 1 aromatic carbocycles. The van der Waals surface area contributed by atoms with Crippen molar-refractivity contribution in [2.45, 2.75) is 11.9 Å². The van der Waals surface area contributed by atoms with Gasteiger partial charge in [0, 0.05) is 5.75 Å². The van der Waals surface area contributed by atoms with Crippen LogP contribution in [0.3, 0.4) is 0 Å². The summed E-state index contributed by atoms with van der Waals surface area (Å²) in [4.78, 5) is 0. The van der Waals surface area contributed by atoms with Gasteiger partial charge in [-0.2, -0.15) is 0 Å². The minimum absolute atomic E-state index is 0.161. The molecule has 3 nitrogen and oxygen atoms in total. The molecule has 0 spiro atoms. The quantitative estimate of drug-likeness (QED) is 0.552. The topological polar surface area (TPSA) is 49.7 Å². The number of hydrogen-bond acceptors (Lipinski definition) is 4. The fourth-order valence-corrected chi connectivity index (χ4v) is 1.53. The molecule has 1 rings (SSSR count). The molecule has 14 heavy (non-hydrogen) atoms. The summed E-state index contributed by atoms with van der Waals surface area (Å²) < 4.78 is 5.10. The monoisotopic (exact) mass is 214 g/mol. The lowest BCUT2D eigenvalue weighted by atomic mass is 10.2. The molecule has 4 heteroatoms. The Hall–Kier alpha value is -0.550. The van der Waals surface area contributed by atoms with Crippen molar-refractivity contribution in [2.24, 2.45) is 0 Å². The maximum absolute atomic E-state index is 8.97. The Morgan fingerprint density at radius 3 is 2.64 bits per heavy atom. The molecule has 0 saturated heterocycles. The molecule has 0 unspecified atom stereocenters. The van der Waals surface area contributed by atoms with E-state index in [0.29, 0.717) is 0 Å². The first kappa shape index (κ1) is 11.5. The summed E-state index contributed by atoms with van der Waals surface area (Å²) in [6, 6.07) is 9.93. The number of aliphatic hydroxyl groups is 2. The molecule has 78 valence electrons. The van der Waals surface area contributed by atoms with Crippen LogP contribution in [-0.4, -0.2) is 29.5 Å². The molecule has 0 aliphatic carbocycles. The highest BCUT2D eigenvalue weighted by molar-refractivity contribution is 7.93. The summed E-state index contributed by atoms with van der Waals surface area (Å²) in [6.45, 7) is -0.0973. The highest BCUT2D eigenvalue weighted by Crippen LogP contribution is 2.12. The first-order chi connectivity index (χ1) is 6.83. The van der Waals surface area contributed by atoms with Crippen LogP contribution in [0.5, 0.6) is 0 Å². The first-order valence-electron chi connectivity index (χ1n) is 4.40. The molecule has 1 aromatic rings. The molecule has 2 N–H and O–H groups in total. The number of aliphatic hydroxyl groups excluding tert-OH is 2. The molecule has 0 amide bonds. The van der Waals surface area contributed by atoms with Gasteiger partial charge in [0.15, 0.2) is 0 Å². The first-order valence-corrected chi connectivity index (χ1v) is 5.31. The second kappa shape index (κ2) is 6.84. The number of rotatable bonds is 6. The van der Waals surface area contributed by atoms with Gasteiger partial charge in [-0.15, -0.1) is 0 Å². The fraction of sp³-hybridized carbons (Fsp3) is 0.400. The molecule has 0 heterocycles. The third kappa shape index (κ3) is 4.62. The van der Waals surface area contributed by atoms with Crippen molar-refractivity contribution in [1.82, 2.24) is 0 Å². The lowest BCUT2D eigenvalue weighted by Gasteiger charge is -2.06. The van der Waals surface area contributed by atoms with Crippen LogP contribution < -0.4 is 0 Å². The molecular weight excluding hydrogens is 200 g/mol. The second-order valence-corrected chi connectivity index (χ2v) is 3.63. The Morgan fingerprint density at radius 1 is 1.29 bits per heavy atom. The van der Waals surface area contributed by atoms with Gasteiger partial charge >= 0.3 is 0 Å². The van der Waals surface area contributed by atoms with Gasteiger partial charge in [0.2, 0.25) is 0 Å². The van der Waals surface area contributed by atoms with Crippen LogP contribution >= 0.6 is 12.0 Å². The van der Waals surface area contributed by atoms with E-state index in [2.05, 4.69) is 0 Å². The highest BCUT2D eigenvalue weighted by Gasteiger charge is 2.01. The molecule has 0 aromatic heterocycles. The van der Waals surface area contributed by atoms with Crippen molar-refractivity contribution in [3.63, 3.8) is 0 Å². The van der Waals surface area contributed by atoms with Crippen molar-refractivity contribution in [3.05, 3.63) is 35.9 Å². The zero-order chi connectivity index (χ0) is 10.2. The maximum Gasteiger partial charge on any atom is 0.102 e. The van der Waals surface area contributed by atoms with E-state index < -0.39 is 6.10 Å². The molecule has 0 fully saturated rings. The average Bonchev–Trinajstić information content (AvgIpc) is 2.25. The van der Waals surface area contributed by atoms with Crippen LogP contribution in [-0.2, 0) is 9.94 Å². The fourth-order valence-electron chi connectivity index (χ4n) is 0.863. The van der Waals surface area contributed by atoms with E-state index in [0.717, 1.165) is 5.75 Å². The Labute approximate surface area is 87.9 Å². The predicted molar refractivity (Wildman–Crippen MR) is 56.8 cm³/mol. The van der Waals surface area contributed by atoms with Crippen LogP contribution in [0.1, 0.15) is 5.56 Å². The van der Waals surface area contributed by atoms with E-state index in [9.17, 15) is 0 Å². The van der Waals surface area contributed by atoms with E-state index in [-0.39, 0.29) is 13.2 Å². The average molecular weight is 214 g/mol. The minimum atomic E-state index is -0.779. The summed E-state index contributed by atoms with van der Waals surface area (Å²) in [7, 11) is 0. The van der Waals surface area contributed by atoms with E-state index in [4.69, 9.17) is 14.4 Å². The van der Waals surface area contributed by atoms with Crippen molar-refractivity contribution in [1.29, 1.82) is 0 Å². The lowest BCUT2D eigenvalue weighted by Crippen LogP contribution is -2.17. The molecule has 0 saturated carbocycles. The van der Waals surface area contributed by atoms with Gasteiger partial charge in [-0.3, -0.25) is 0 Å². The van der Waals surface area contributed by atoms with E-state index in [1.807, 2.05) is 30.3 Å². The van der Waals surface area contributed by atoms with Crippen LogP contribution in [0.25, 0.3) is 0 Å². The third-order valence-electron chi connectivity index (χ3n) is 1.62. The zero-order valence-corrected chi connectivity index (χ0v) is 8.61. The largest absolute Gasteiger partial charge is 0.394 e. The Kier molecular flexibility index (Phi) is 5.63. The van der Waals surface area contributed by atoms with Gasteiger partial charge < -0.3 is 14.4 Å². The molecule has 0 radical (unpaired) electrons. The number of benzene rings is 1. The molecule has 0 aliphatic rings. The van der Waals surface area contributed by atoms with Crippen molar-refractivity contribution in [3.8, 4) is 0 Å². The van der Waals surface area contributed by atoms with Gasteiger partial charge in [0.1, 0.15) is 6.10 Å². The van der Waals surface area contributed by atoms with Crippen LogP contribution in [0.15, 0.2) is 30.3 Å². The Balaban J connectivity index is 2.10. The van der Waals surface area contributed by atoms with Gasteiger partial charge in [0.25, 0.3) is 0 Å². The van der Waals surface area contributed by atoms with E-state index in [1.54, 1.807) is 0 Å². The number of hydrogen-bond donors (Lipinski definition) is 2. The normalized spacial score (nSPS) is 12.7. The van der Waals surface area contributed by atoms with Gasteiger partial charge in [-0.1, -0.05) is 30.3 Å². The van der Waals surface area contributed by atoms with Crippen LogP contribution in [0, 0.1) is 0 Å². The van der Waals surface area contributed by atoms with Crippen LogP contribution in [0.2, 0.25) is 0 Å². The summed E-state index contributed by atoms with van der Waals surface area (Å²) >= 11 is 1.28. The highest BCUT2D eigenvalue weighted by atomic mass is 32.2. The SMILES string of the molecule is OC[C@@H](O)COSCc1ccccc1. The van der Waals surface area contributed by atoms with Crippen LogP contribution in [0.4, 0.5) is 0 Å². The van der Waals surface area contributed by atoms with Crippen molar-refractivity contribution < 1.29 is 14.4 Å². The van der Waals surface area contributed by atoms with Gasteiger partial charge in [-0.25, -0.2) is 0 Å². The Bertz CT molecular complexity index is 240. The predicted octanol–water partition coefficient (Wildman–Crippen LogP) is 1.20. The molecule has 1 atom stereocenters. The maximum atomic E-state index is 8.97. The summed E-state index contributed by atoms with van der Waals surface area (Å²) in [5.41, 5.74) is 1.18. The van der Waals surface area contributed by atoms with Gasteiger partial charge in [0.05, 0.1) is 13.2 Å². The van der Waals surface area contributed by atoms with Crippen molar-refractivity contribution >= 4 is 12.0 Å². The molecule has 0 bridgehead atoms. The molecule has 0 aliphatic heterocycles. The zero-order valence-electron chi connectivity index (χ0n) is 7.80. The van der Waals surface area contributed by atoms with E-state index >= 15 is 0 Å². The summed E-state index contributed by atoms with van der Waals surface area (Å²) in [6.07, 6.45) is -0.779. The summed E-state index contributed by atoms with van der Waals surface area (Å²) in [5.74, 6) is 0.749. The van der Waals surface area contributed by atoms with Crippen molar-refractivity contribution in [2.75, 3.05) is 13.2 Å². The third-order valence-corrected chi connectivity index (χ3v) is 2.38. The van der Waals surface area contributed by atoms with Gasteiger partial charge in [-0.05, 0) is 17.6 Å². The standard InChI is InChI=1S/C10H14O3S/c11-6-10(12)7-13-14-8-9-4-2-1-3-5-9/h1-5,10-12H,6-8H2/t10-/m1/s1. The van der Waals surface area contributed by atoms with E-state index in [1.165, 1.54) is 17.6 Å². The lowest BCUT2D eigenvalue weighted by molar-refractivity contribution is 0.0602. The second-order valence-electron chi connectivity index (χ2n) is 2.87. The Morgan fingerprint density at radius 2 is 2.00 bits per heavy atom. The minimum Gasteiger partial charge on any atom is -0.394 e.